The number of carbonyl (C=O) groups is 1. The summed E-state index contributed by atoms with van der Waals surface area (Å²) in [6.07, 6.45) is 1.72. The number of hydrogen-bond donors (Lipinski definition) is 1. The number of ketones is 1. The van der Waals surface area contributed by atoms with Crippen LogP contribution in [0.15, 0.2) is 45.8 Å². The maximum atomic E-state index is 12.2. The van der Waals surface area contributed by atoms with Crippen molar-refractivity contribution in [3.05, 3.63) is 50.6 Å². The topological polar surface area (TPSA) is 63.2 Å². The van der Waals surface area contributed by atoms with Crippen molar-refractivity contribution in [2.75, 3.05) is 18.6 Å². The summed E-state index contributed by atoms with van der Waals surface area (Å²) in [5.74, 6) is 0.472. The van der Waals surface area contributed by atoms with Gasteiger partial charge in [-0.2, -0.15) is 0 Å². The molecule has 0 radical (unpaired) electrons. The Balaban J connectivity index is 1.86. The van der Waals surface area contributed by atoms with Crippen LogP contribution in [0.3, 0.4) is 0 Å². The van der Waals surface area contributed by atoms with Gasteiger partial charge in [0.15, 0.2) is 5.78 Å². The molecule has 0 unspecified atom stereocenters. The smallest absolute Gasteiger partial charge is 0.208 e. The summed E-state index contributed by atoms with van der Waals surface area (Å²) in [5, 5.41) is 0. The predicted molar refractivity (Wildman–Crippen MR) is 100 cm³/mol. The lowest BCUT2D eigenvalue weighted by molar-refractivity contribution is 0.102. The summed E-state index contributed by atoms with van der Waals surface area (Å²) in [7, 11) is -3.17. The molecule has 2 rings (SSSR count). The summed E-state index contributed by atoms with van der Waals surface area (Å²) < 4.78 is 25.5. The summed E-state index contributed by atoms with van der Waals surface area (Å²) >= 11 is 6.34. The first-order valence-corrected chi connectivity index (χ1v) is 11.3. The number of nitrogens with one attached hydrogen (secondary N) is 1. The van der Waals surface area contributed by atoms with Crippen LogP contribution in [-0.2, 0) is 16.4 Å². The summed E-state index contributed by atoms with van der Waals surface area (Å²) in [6, 6.07) is 11.5. The van der Waals surface area contributed by atoms with E-state index in [1.54, 1.807) is 0 Å². The minimum atomic E-state index is -3.17. The van der Waals surface area contributed by atoms with Gasteiger partial charge in [-0.25, -0.2) is 13.1 Å². The fraction of sp³-hybridized carbons (Fsp3) is 0.267. The van der Waals surface area contributed by atoms with Crippen LogP contribution in [0.2, 0.25) is 0 Å². The molecule has 0 aliphatic heterocycles. The molecule has 1 aromatic carbocycles. The number of hydrogen-bond acceptors (Lipinski definition) is 5. The third-order valence-corrected chi connectivity index (χ3v) is 6.24. The minimum absolute atomic E-state index is 0.0855. The molecule has 1 aromatic heterocycles. The van der Waals surface area contributed by atoms with Crippen molar-refractivity contribution in [3.63, 3.8) is 0 Å². The van der Waals surface area contributed by atoms with Gasteiger partial charge in [-0.05, 0) is 36.8 Å². The lowest BCUT2D eigenvalue weighted by atomic mass is 10.3. The number of carbonyl (C=O) groups excluding carboxylic acids is 1. The Morgan fingerprint density at radius 3 is 2.78 bits per heavy atom. The van der Waals surface area contributed by atoms with Gasteiger partial charge in [-0.3, -0.25) is 4.79 Å². The van der Waals surface area contributed by atoms with Gasteiger partial charge in [0.1, 0.15) is 0 Å². The second kappa shape index (κ2) is 8.43. The van der Waals surface area contributed by atoms with Gasteiger partial charge in [-0.1, -0.05) is 22.0 Å². The van der Waals surface area contributed by atoms with E-state index in [9.17, 15) is 13.2 Å². The predicted octanol–water partition coefficient (Wildman–Crippen LogP) is 3.58. The van der Waals surface area contributed by atoms with Gasteiger partial charge in [0.05, 0.1) is 16.9 Å². The first-order valence-electron chi connectivity index (χ1n) is 6.78. The highest BCUT2D eigenvalue weighted by Crippen LogP contribution is 2.24. The molecular weight excluding hydrogens is 418 g/mol. The molecular formula is C15H16BrNO3S3. The SMILES string of the molecule is CS(=O)(=O)NCCc1ccc(C(=O)CSc2cccc(Br)c2)s1. The number of rotatable bonds is 8. The average Bonchev–Trinajstić information content (AvgIpc) is 2.92. The normalized spacial score (nSPS) is 11.6. The molecule has 0 bridgehead atoms. The third kappa shape index (κ3) is 6.76. The molecule has 2 aromatic rings. The van der Waals surface area contributed by atoms with Crippen molar-refractivity contribution < 1.29 is 13.2 Å². The van der Waals surface area contributed by atoms with E-state index in [0.717, 1.165) is 20.5 Å². The molecule has 0 saturated carbocycles. The van der Waals surface area contributed by atoms with Crippen LogP contribution in [0.4, 0.5) is 0 Å². The van der Waals surface area contributed by atoms with E-state index in [0.29, 0.717) is 23.6 Å². The molecule has 0 fully saturated rings. The fourth-order valence-electron chi connectivity index (χ4n) is 1.80. The molecule has 1 N–H and O–H groups in total. The number of sulfonamides is 1. The third-order valence-electron chi connectivity index (χ3n) is 2.84. The number of benzene rings is 1. The molecule has 0 spiro atoms. The average molecular weight is 434 g/mol. The number of halogens is 1. The standard InChI is InChI=1S/C15H16BrNO3S3/c1-23(19,20)17-8-7-12-5-6-15(22-12)14(18)10-21-13-4-2-3-11(16)9-13/h2-6,9,17H,7-8,10H2,1H3. The van der Waals surface area contributed by atoms with Crippen molar-refractivity contribution in [1.29, 1.82) is 0 Å². The second-order valence-electron chi connectivity index (χ2n) is 4.85. The highest BCUT2D eigenvalue weighted by atomic mass is 79.9. The van der Waals surface area contributed by atoms with Gasteiger partial charge in [0.2, 0.25) is 10.0 Å². The van der Waals surface area contributed by atoms with Gasteiger partial charge in [0, 0.05) is 20.8 Å². The van der Waals surface area contributed by atoms with Gasteiger partial charge >= 0.3 is 0 Å². The fourth-order valence-corrected chi connectivity index (χ4v) is 4.70. The number of Topliss-reactive ketones (excluding diaryl/α,β-unsaturated/α-hetero) is 1. The van der Waals surface area contributed by atoms with Crippen LogP contribution in [0, 0.1) is 0 Å². The minimum Gasteiger partial charge on any atom is -0.292 e. The van der Waals surface area contributed by atoms with E-state index in [-0.39, 0.29) is 5.78 Å². The molecule has 4 nitrogen and oxygen atoms in total. The Labute approximate surface area is 152 Å². The largest absolute Gasteiger partial charge is 0.292 e. The molecule has 124 valence electrons. The monoisotopic (exact) mass is 433 g/mol. The Morgan fingerprint density at radius 2 is 2.09 bits per heavy atom. The summed E-state index contributed by atoms with van der Waals surface area (Å²) in [6.45, 7) is 0.347. The van der Waals surface area contributed by atoms with Crippen LogP contribution < -0.4 is 4.72 Å². The second-order valence-corrected chi connectivity index (χ2v) is 9.82. The molecule has 0 saturated heterocycles. The first kappa shape index (κ1) is 18.7. The first-order chi connectivity index (χ1) is 10.8. The molecule has 1 heterocycles. The lowest BCUT2D eigenvalue weighted by Gasteiger charge is -2.01. The molecule has 0 atom stereocenters. The quantitative estimate of drug-likeness (QED) is 0.510. The Kier molecular flexibility index (Phi) is 6.84. The molecule has 0 amide bonds. The van der Waals surface area contributed by atoms with E-state index in [2.05, 4.69) is 20.7 Å². The molecule has 8 heteroatoms. The maximum absolute atomic E-state index is 12.2. The van der Waals surface area contributed by atoms with Crippen molar-refractivity contribution in [2.45, 2.75) is 11.3 Å². The van der Waals surface area contributed by atoms with Crippen LogP contribution in [0.1, 0.15) is 14.5 Å². The molecule has 0 aliphatic rings. The van der Waals surface area contributed by atoms with E-state index in [1.807, 2.05) is 36.4 Å². The van der Waals surface area contributed by atoms with E-state index >= 15 is 0 Å². The van der Waals surface area contributed by atoms with Crippen LogP contribution in [0.25, 0.3) is 0 Å². The summed E-state index contributed by atoms with van der Waals surface area (Å²) in [5.41, 5.74) is 0. The zero-order chi connectivity index (χ0) is 16.9. The Morgan fingerprint density at radius 1 is 1.30 bits per heavy atom. The lowest BCUT2D eigenvalue weighted by Crippen LogP contribution is -2.23. The molecule has 23 heavy (non-hydrogen) atoms. The van der Waals surface area contributed by atoms with E-state index in [4.69, 9.17) is 0 Å². The van der Waals surface area contributed by atoms with E-state index in [1.165, 1.54) is 23.1 Å². The van der Waals surface area contributed by atoms with Crippen molar-refractivity contribution in [3.8, 4) is 0 Å². The number of thiophene rings is 1. The van der Waals surface area contributed by atoms with Crippen molar-refractivity contribution >= 4 is 54.8 Å². The zero-order valence-electron chi connectivity index (χ0n) is 12.4. The highest BCUT2D eigenvalue weighted by Gasteiger charge is 2.10. The van der Waals surface area contributed by atoms with Crippen molar-refractivity contribution in [2.24, 2.45) is 0 Å². The highest BCUT2D eigenvalue weighted by molar-refractivity contribution is 9.10. The van der Waals surface area contributed by atoms with Crippen molar-refractivity contribution in [1.82, 2.24) is 4.72 Å². The summed E-state index contributed by atoms with van der Waals surface area (Å²) in [4.78, 5) is 15.0. The van der Waals surface area contributed by atoms with Crippen LogP contribution in [-0.4, -0.2) is 32.8 Å². The number of thioether (sulfide) groups is 1. The van der Waals surface area contributed by atoms with E-state index < -0.39 is 10.0 Å². The van der Waals surface area contributed by atoms with Crippen LogP contribution >= 0.6 is 39.0 Å². The maximum Gasteiger partial charge on any atom is 0.208 e. The zero-order valence-corrected chi connectivity index (χ0v) is 16.4. The Hall–Kier alpha value is -0.670. The van der Waals surface area contributed by atoms with Gasteiger partial charge < -0.3 is 0 Å². The van der Waals surface area contributed by atoms with Crippen LogP contribution in [0.5, 0.6) is 0 Å². The Bertz CT molecular complexity index is 787. The molecule has 0 aliphatic carbocycles. The van der Waals surface area contributed by atoms with Gasteiger partial charge in [-0.15, -0.1) is 23.1 Å². The van der Waals surface area contributed by atoms with Gasteiger partial charge in [0.25, 0.3) is 0 Å².